The molecule has 0 bridgehead atoms. The molecule has 0 fully saturated rings. The third-order valence-corrected chi connectivity index (χ3v) is 5.00. The van der Waals surface area contributed by atoms with E-state index in [0.29, 0.717) is 12.2 Å². The van der Waals surface area contributed by atoms with Crippen molar-refractivity contribution < 1.29 is 14.6 Å². The maximum absolute atomic E-state index is 12.0. The molecule has 1 rings (SSSR count). The third kappa shape index (κ3) is 11.1. The normalized spacial score (nSPS) is 13.3. The summed E-state index contributed by atoms with van der Waals surface area (Å²) >= 11 is 0. The third-order valence-electron chi connectivity index (χ3n) is 5.00. The quantitative estimate of drug-likeness (QED) is 0.303. The molecule has 2 unspecified atom stereocenters. The van der Waals surface area contributed by atoms with Gasteiger partial charge in [-0.15, -0.1) is 0 Å². The van der Waals surface area contributed by atoms with Crippen LogP contribution in [0.15, 0.2) is 30.3 Å². The number of ether oxygens (including phenoxy) is 1. The summed E-state index contributed by atoms with van der Waals surface area (Å²) in [6.07, 6.45) is 14.2. The second kappa shape index (κ2) is 15.6. The lowest BCUT2D eigenvalue weighted by atomic mass is 10.0. The summed E-state index contributed by atoms with van der Waals surface area (Å²) in [6.45, 7) is 2.63. The molecule has 3 N–H and O–H groups in total. The van der Waals surface area contributed by atoms with Gasteiger partial charge in [-0.25, -0.2) is 0 Å². The number of rotatable bonds is 16. The van der Waals surface area contributed by atoms with Crippen molar-refractivity contribution in [2.75, 3.05) is 6.61 Å². The molecule has 4 heteroatoms. The van der Waals surface area contributed by atoms with Crippen LogP contribution in [0.5, 0.6) is 0 Å². The molecule has 0 spiro atoms. The van der Waals surface area contributed by atoms with Crippen molar-refractivity contribution in [1.82, 2.24) is 0 Å². The maximum Gasteiger partial charge on any atom is 0.325 e. The maximum atomic E-state index is 12.0. The number of carbonyl (C=O) groups excluding carboxylic acids is 1. The lowest BCUT2D eigenvalue weighted by Gasteiger charge is -2.18. The van der Waals surface area contributed by atoms with E-state index in [9.17, 15) is 9.90 Å². The Bertz CT molecular complexity index is 478. The number of carbonyl (C=O) groups is 1. The van der Waals surface area contributed by atoms with Crippen molar-refractivity contribution >= 4 is 5.97 Å². The molecule has 0 aliphatic carbocycles. The van der Waals surface area contributed by atoms with Gasteiger partial charge in [-0.2, -0.15) is 0 Å². The topological polar surface area (TPSA) is 72.5 Å². The second-order valence-electron chi connectivity index (χ2n) is 7.44. The van der Waals surface area contributed by atoms with Crippen LogP contribution in [0.25, 0.3) is 0 Å². The van der Waals surface area contributed by atoms with Crippen molar-refractivity contribution in [3.63, 3.8) is 0 Å². The van der Waals surface area contributed by atoms with Crippen LogP contribution in [0.2, 0.25) is 0 Å². The zero-order valence-electron chi connectivity index (χ0n) is 17.1. The van der Waals surface area contributed by atoms with Crippen LogP contribution in [0, 0.1) is 0 Å². The average Bonchev–Trinajstić information content (AvgIpc) is 2.70. The number of esters is 1. The minimum Gasteiger partial charge on any atom is -0.464 e. The average molecular weight is 378 g/mol. The molecule has 0 heterocycles. The number of hydrogen-bond acceptors (Lipinski definition) is 4. The fraction of sp³-hybridized carbons (Fsp3) is 0.696. The molecule has 27 heavy (non-hydrogen) atoms. The van der Waals surface area contributed by atoms with Gasteiger partial charge in [-0.3, -0.25) is 4.79 Å². The lowest BCUT2D eigenvalue weighted by molar-refractivity contribution is -0.148. The van der Waals surface area contributed by atoms with E-state index in [1.807, 2.05) is 18.2 Å². The Labute approximate surface area is 165 Å². The smallest absolute Gasteiger partial charge is 0.325 e. The van der Waals surface area contributed by atoms with Crippen LogP contribution in [-0.2, 0) is 9.53 Å². The number of benzene rings is 1. The van der Waals surface area contributed by atoms with Gasteiger partial charge < -0.3 is 15.6 Å². The van der Waals surface area contributed by atoms with E-state index in [0.717, 1.165) is 12.8 Å². The van der Waals surface area contributed by atoms with Gasteiger partial charge in [0.05, 0.1) is 6.61 Å². The van der Waals surface area contributed by atoms with Gasteiger partial charge in [0.2, 0.25) is 0 Å². The molecule has 0 saturated carbocycles. The van der Waals surface area contributed by atoms with Crippen molar-refractivity contribution in [1.29, 1.82) is 0 Å². The largest absolute Gasteiger partial charge is 0.464 e. The lowest BCUT2D eigenvalue weighted by Crippen LogP contribution is -2.38. The van der Waals surface area contributed by atoms with Crippen molar-refractivity contribution in [3.05, 3.63) is 35.9 Å². The van der Waals surface area contributed by atoms with Gasteiger partial charge in [-0.1, -0.05) is 108 Å². The Kier molecular flexibility index (Phi) is 13.7. The summed E-state index contributed by atoms with van der Waals surface area (Å²) < 4.78 is 5.21. The Hall–Kier alpha value is -1.39. The zero-order chi connectivity index (χ0) is 19.7. The first-order valence-corrected chi connectivity index (χ1v) is 10.8. The van der Waals surface area contributed by atoms with Crippen LogP contribution >= 0.6 is 0 Å². The van der Waals surface area contributed by atoms with E-state index >= 15 is 0 Å². The van der Waals surface area contributed by atoms with Crippen LogP contribution in [-0.4, -0.2) is 23.7 Å². The zero-order valence-corrected chi connectivity index (χ0v) is 17.1. The summed E-state index contributed by atoms with van der Waals surface area (Å²) in [4.78, 5) is 12.0. The summed E-state index contributed by atoms with van der Waals surface area (Å²) in [7, 11) is 0. The number of aliphatic hydroxyl groups is 1. The van der Waals surface area contributed by atoms with Crippen LogP contribution in [0.3, 0.4) is 0 Å². The van der Waals surface area contributed by atoms with E-state index in [-0.39, 0.29) is 0 Å². The summed E-state index contributed by atoms with van der Waals surface area (Å²) in [5.74, 6) is -0.533. The summed E-state index contributed by atoms with van der Waals surface area (Å²) in [5.41, 5.74) is 6.45. The summed E-state index contributed by atoms with van der Waals surface area (Å²) in [6, 6.07) is 7.94. The molecule has 154 valence electrons. The molecule has 0 aromatic heterocycles. The highest BCUT2D eigenvalue weighted by Crippen LogP contribution is 2.16. The van der Waals surface area contributed by atoms with Gasteiger partial charge in [0.15, 0.2) is 0 Å². The number of nitrogens with two attached hydrogens (primary N) is 1. The molecular formula is C23H39NO3. The highest BCUT2D eigenvalue weighted by Gasteiger charge is 2.25. The number of unbranched alkanes of at least 4 members (excludes halogenated alkanes) is 11. The van der Waals surface area contributed by atoms with Gasteiger partial charge in [0, 0.05) is 0 Å². The predicted molar refractivity (Wildman–Crippen MR) is 111 cm³/mol. The van der Waals surface area contributed by atoms with E-state index < -0.39 is 18.1 Å². The minimum absolute atomic E-state index is 0.380. The molecule has 0 radical (unpaired) electrons. The highest BCUT2D eigenvalue weighted by atomic mass is 16.5. The monoisotopic (exact) mass is 377 g/mol. The van der Waals surface area contributed by atoms with Gasteiger partial charge in [-0.05, 0) is 12.0 Å². The first kappa shape index (κ1) is 23.6. The Morgan fingerprint density at radius 1 is 0.889 bits per heavy atom. The van der Waals surface area contributed by atoms with E-state index in [2.05, 4.69) is 6.92 Å². The Morgan fingerprint density at radius 3 is 1.89 bits per heavy atom. The van der Waals surface area contributed by atoms with E-state index in [1.165, 1.54) is 64.2 Å². The van der Waals surface area contributed by atoms with Gasteiger partial charge >= 0.3 is 5.97 Å². The molecular weight excluding hydrogens is 338 g/mol. The van der Waals surface area contributed by atoms with Crippen molar-refractivity contribution in [2.45, 2.75) is 96.1 Å². The molecule has 1 aromatic rings. The van der Waals surface area contributed by atoms with Crippen LogP contribution in [0.1, 0.15) is 95.6 Å². The van der Waals surface area contributed by atoms with E-state index in [4.69, 9.17) is 10.5 Å². The van der Waals surface area contributed by atoms with Crippen molar-refractivity contribution in [2.24, 2.45) is 5.73 Å². The first-order valence-electron chi connectivity index (χ1n) is 10.8. The van der Waals surface area contributed by atoms with Gasteiger partial charge in [0.25, 0.3) is 0 Å². The Morgan fingerprint density at radius 2 is 1.37 bits per heavy atom. The Balaban J connectivity index is 1.96. The molecule has 0 amide bonds. The molecule has 0 saturated heterocycles. The molecule has 2 atom stereocenters. The second-order valence-corrected chi connectivity index (χ2v) is 7.44. The molecule has 4 nitrogen and oxygen atoms in total. The predicted octanol–water partition coefficient (Wildman–Crippen LogP) is 5.29. The SMILES string of the molecule is CCCCCCCCCCCCCCOC(=O)C(N)C(O)c1ccccc1. The molecule has 0 aliphatic heterocycles. The highest BCUT2D eigenvalue weighted by molar-refractivity contribution is 5.76. The van der Waals surface area contributed by atoms with Crippen LogP contribution < -0.4 is 5.73 Å². The fourth-order valence-electron chi connectivity index (χ4n) is 3.20. The molecule has 1 aromatic carbocycles. The summed E-state index contributed by atoms with van der Waals surface area (Å²) in [5, 5.41) is 10.1. The standard InChI is InChI=1S/C23H39NO3/c1-2-3-4-5-6-7-8-9-10-11-12-16-19-27-23(26)21(24)22(25)20-17-14-13-15-18-20/h13-15,17-18,21-22,25H,2-12,16,19,24H2,1H3. The number of hydrogen-bond donors (Lipinski definition) is 2. The minimum atomic E-state index is -1.04. The molecule has 0 aliphatic rings. The van der Waals surface area contributed by atoms with Crippen LogP contribution in [0.4, 0.5) is 0 Å². The van der Waals surface area contributed by atoms with E-state index in [1.54, 1.807) is 12.1 Å². The fourth-order valence-corrected chi connectivity index (χ4v) is 3.20. The van der Waals surface area contributed by atoms with Gasteiger partial charge in [0.1, 0.15) is 12.1 Å². The first-order chi connectivity index (χ1) is 13.2. The van der Waals surface area contributed by atoms with Crippen molar-refractivity contribution in [3.8, 4) is 0 Å². The number of aliphatic hydroxyl groups excluding tert-OH is 1.